The Kier molecular flexibility index (Phi) is 5.75. The topological polar surface area (TPSA) is 46.1 Å². The van der Waals surface area contributed by atoms with Crippen LogP contribution in [0.3, 0.4) is 0 Å². The van der Waals surface area contributed by atoms with Crippen molar-refractivity contribution in [3.05, 3.63) is 120 Å². The summed E-state index contributed by atoms with van der Waals surface area (Å²) in [6.45, 7) is 1.72. The van der Waals surface area contributed by atoms with Gasteiger partial charge in [-0.15, -0.1) is 0 Å². The maximum atomic E-state index is 12.8. The Balaban J connectivity index is 1.51. The van der Waals surface area contributed by atoms with Crippen LogP contribution in [0, 0.1) is 0 Å². The van der Waals surface area contributed by atoms with Gasteiger partial charge in [-0.3, -0.25) is 14.8 Å². The summed E-state index contributed by atoms with van der Waals surface area (Å²) in [5.41, 5.74) is 6.55. The first-order chi connectivity index (χ1) is 15.8. The van der Waals surface area contributed by atoms with Crippen molar-refractivity contribution in [3.63, 3.8) is 0 Å². The van der Waals surface area contributed by atoms with E-state index < -0.39 is 0 Å². The van der Waals surface area contributed by atoms with Crippen LogP contribution in [0.2, 0.25) is 0 Å². The van der Waals surface area contributed by atoms with Gasteiger partial charge in [0.05, 0.1) is 0 Å². The molecule has 1 aliphatic heterocycles. The predicted molar refractivity (Wildman–Crippen MR) is 126 cm³/mol. The number of nitrogens with zero attached hydrogens (tertiary/aromatic N) is 3. The average molecular weight is 420 g/mol. The summed E-state index contributed by atoms with van der Waals surface area (Å²) >= 11 is 0. The van der Waals surface area contributed by atoms with Crippen molar-refractivity contribution in [2.75, 3.05) is 13.1 Å². The second-order valence-electron chi connectivity index (χ2n) is 8.21. The molecule has 4 aromatic rings. The van der Waals surface area contributed by atoms with E-state index in [2.05, 4.69) is 52.4 Å². The van der Waals surface area contributed by atoms with Gasteiger partial charge < -0.3 is 4.90 Å². The first kappa shape index (κ1) is 20.1. The number of pyridine rings is 2. The number of likely N-dealkylation sites (tertiary alicyclic amines) is 1. The number of aromatic nitrogens is 2. The van der Waals surface area contributed by atoms with E-state index in [0.29, 0.717) is 0 Å². The minimum absolute atomic E-state index is 0.124. The van der Waals surface area contributed by atoms with E-state index >= 15 is 0 Å². The van der Waals surface area contributed by atoms with Crippen molar-refractivity contribution in [2.45, 2.75) is 18.8 Å². The van der Waals surface area contributed by atoms with Gasteiger partial charge >= 0.3 is 0 Å². The third-order valence-corrected chi connectivity index (χ3v) is 6.18. The fraction of sp³-hybridized carbons (Fsp3) is 0.179. The van der Waals surface area contributed by atoms with Crippen LogP contribution in [-0.4, -0.2) is 33.9 Å². The van der Waals surface area contributed by atoms with Crippen LogP contribution in [0.15, 0.2) is 97.6 Å². The normalized spacial score (nSPS) is 13.1. The Morgan fingerprint density at radius 3 is 2.19 bits per heavy atom. The monoisotopic (exact) mass is 419 g/mol. The van der Waals surface area contributed by atoms with Crippen molar-refractivity contribution >= 4 is 5.91 Å². The standard InChI is InChI=1S/C28H25N3O/c32-28(31-15-6-16-31)23-9-3-8-21(17-23)26-12-2-1-7-22(26)18-27(24-10-4-13-29-19-24)25-11-5-14-30-20-25/h1-5,7-14,17,19-20,27H,6,15-16,18H2. The summed E-state index contributed by atoms with van der Waals surface area (Å²) in [6.07, 6.45) is 9.40. The molecule has 0 saturated carbocycles. The highest BCUT2D eigenvalue weighted by Crippen LogP contribution is 2.33. The molecule has 1 saturated heterocycles. The molecule has 0 radical (unpaired) electrons. The summed E-state index contributed by atoms with van der Waals surface area (Å²) < 4.78 is 0. The molecule has 4 nitrogen and oxygen atoms in total. The van der Waals surface area contributed by atoms with Crippen LogP contribution >= 0.6 is 0 Å². The van der Waals surface area contributed by atoms with E-state index in [4.69, 9.17) is 0 Å². The molecule has 0 N–H and O–H groups in total. The molecule has 2 aromatic carbocycles. The van der Waals surface area contributed by atoms with E-state index in [-0.39, 0.29) is 11.8 Å². The van der Waals surface area contributed by atoms with Gasteiger partial charge in [-0.25, -0.2) is 0 Å². The highest BCUT2D eigenvalue weighted by atomic mass is 16.2. The highest BCUT2D eigenvalue weighted by Gasteiger charge is 2.22. The van der Waals surface area contributed by atoms with Crippen LogP contribution in [0.4, 0.5) is 0 Å². The number of carbonyl (C=O) groups is 1. The minimum atomic E-state index is 0.124. The van der Waals surface area contributed by atoms with Crippen molar-refractivity contribution in [1.29, 1.82) is 0 Å². The summed E-state index contributed by atoms with van der Waals surface area (Å²) in [5, 5.41) is 0. The third kappa shape index (κ3) is 4.17. The molecule has 4 heteroatoms. The molecule has 1 aliphatic rings. The zero-order chi connectivity index (χ0) is 21.8. The number of carbonyl (C=O) groups excluding carboxylic acids is 1. The molecule has 0 unspecified atom stereocenters. The number of benzene rings is 2. The van der Waals surface area contributed by atoms with Crippen molar-refractivity contribution in [3.8, 4) is 11.1 Å². The second-order valence-corrected chi connectivity index (χ2v) is 8.21. The lowest BCUT2D eigenvalue weighted by molar-refractivity contribution is 0.0652. The van der Waals surface area contributed by atoms with Gasteiger partial charge in [-0.1, -0.05) is 48.5 Å². The van der Waals surface area contributed by atoms with Crippen LogP contribution in [-0.2, 0) is 6.42 Å². The van der Waals surface area contributed by atoms with Crippen LogP contribution in [0.25, 0.3) is 11.1 Å². The lowest BCUT2D eigenvalue weighted by Gasteiger charge is -2.31. The summed E-state index contributed by atoms with van der Waals surface area (Å²) in [5.74, 6) is 0.267. The van der Waals surface area contributed by atoms with E-state index in [0.717, 1.165) is 53.7 Å². The summed E-state index contributed by atoms with van der Waals surface area (Å²) in [4.78, 5) is 23.4. The fourth-order valence-corrected chi connectivity index (χ4v) is 4.31. The summed E-state index contributed by atoms with van der Waals surface area (Å²) in [6, 6.07) is 24.7. The van der Waals surface area contributed by atoms with Crippen molar-refractivity contribution in [2.24, 2.45) is 0 Å². The zero-order valence-electron chi connectivity index (χ0n) is 17.9. The van der Waals surface area contributed by atoms with Crippen molar-refractivity contribution < 1.29 is 4.79 Å². The molecule has 32 heavy (non-hydrogen) atoms. The van der Waals surface area contributed by atoms with Crippen LogP contribution in [0.1, 0.15) is 39.4 Å². The average Bonchev–Trinajstić information content (AvgIpc) is 2.83. The Morgan fingerprint density at radius 1 is 0.844 bits per heavy atom. The van der Waals surface area contributed by atoms with Gasteiger partial charge in [0.25, 0.3) is 5.91 Å². The summed E-state index contributed by atoms with van der Waals surface area (Å²) in [7, 11) is 0. The first-order valence-corrected chi connectivity index (χ1v) is 11.1. The number of hydrogen-bond donors (Lipinski definition) is 0. The molecule has 1 amide bonds. The molecule has 5 rings (SSSR count). The molecule has 2 aromatic heterocycles. The van der Waals surface area contributed by atoms with Gasteiger partial charge in [0.1, 0.15) is 0 Å². The smallest absolute Gasteiger partial charge is 0.253 e. The fourth-order valence-electron chi connectivity index (χ4n) is 4.31. The molecule has 0 aliphatic carbocycles. The van der Waals surface area contributed by atoms with Gasteiger partial charge in [0.2, 0.25) is 0 Å². The Hall–Kier alpha value is -3.79. The predicted octanol–water partition coefficient (Wildman–Crippen LogP) is 5.36. The van der Waals surface area contributed by atoms with E-state index in [1.165, 1.54) is 5.56 Å². The Labute approximate surface area is 188 Å². The number of amides is 1. The molecule has 0 atom stereocenters. The first-order valence-electron chi connectivity index (χ1n) is 11.1. The molecule has 0 spiro atoms. The minimum Gasteiger partial charge on any atom is -0.339 e. The molecular weight excluding hydrogens is 394 g/mol. The van der Waals surface area contributed by atoms with Crippen LogP contribution in [0.5, 0.6) is 0 Å². The van der Waals surface area contributed by atoms with Gasteiger partial charge in [0.15, 0.2) is 0 Å². The van der Waals surface area contributed by atoms with Gasteiger partial charge in [-0.05, 0) is 64.9 Å². The second kappa shape index (κ2) is 9.15. The van der Waals surface area contributed by atoms with Crippen LogP contribution < -0.4 is 0 Å². The lowest BCUT2D eigenvalue weighted by atomic mass is 9.85. The Bertz CT molecular complexity index is 1160. The molecule has 0 bridgehead atoms. The SMILES string of the molecule is O=C(c1cccc(-c2ccccc2CC(c2cccnc2)c2cccnc2)c1)N1CCC1. The van der Waals surface area contributed by atoms with Gasteiger partial charge in [-0.2, -0.15) is 0 Å². The molecular formula is C28H25N3O. The quantitative estimate of drug-likeness (QED) is 0.422. The van der Waals surface area contributed by atoms with E-state index in [1.807, 2.05) is 47.6 Å². The molecule has 3 heterocycles. The molecule has 1 fully saturated rings. The number of rotatable bonds is 6. The van der Waals surface area contributed by atoms with Gasteiger partial charge in [0, 0.05) is 49.4 Å². The van der Waals surface area contributed by atoms with E-state index in [9.17, 15) is 4.79 Å². The van der Waals surface area contributed by atoms with E-state index in [1.54, 1.807) is 12.4 Å². The maximum absolute atomic E-state index is 12.8. The third-order valence-electron chi connectivity index (χ3n) is 6.18. The molecule has 158 valence electrons. The Morgan fingerprint density at radius 2 is 1.56 bits per heavy atom. The lowest BCUT2D eigenvalue weighted by Crippen LogP contribution is -2.42. The van der Waals surface area contributed by atoms with Crippen molar-refractivity contribution in [1.82, 2.24) is 14.9 Å². The largest absolute Gasteiger partial charge is 0.339 e. The highest BCUT2D eigenvalue weighted by molar-refractivity contribution is 5.96. The maximum Gasteiger partial charge on any atom is 0.253 e. The number of hydrogen-bond acceptors (Lipinski definition) is 3. The zero-order valence-corrected chi connectivity index (χ0v) is 17.9.